The molecule has 0 aromatic rings. The summed E-state index contributed by atoms with van der Waals surface area (Å²) >= 11 is 0. The lowest BCUT2D eigenvalue weighted by Crippen LogP contribution is -2.02. The predicted molar refractivity (Wildman–Crippen MR) is 35.4 cm³/mol. The van der Waals surface area contributed by atoms with Gasteiger partial charge in [-0.15, -0.1) is 0 Å². The third-order valence-electron chi connectivity index (χ3n) is 0.803. The molecule has 0 aliphatic carbocycles. The second-order valence-electron chi connectivity index (χ2n) is 1.69. The standard InChI is InChI=1S/C5H12O2Si/c1-3-4-8-7-5(2)6/h3-4,8H2,1-2H3. The molecule has 0 spiro atoms. The predicted octanol–water partition coefficient (Wildman–Crippen LogP) is 0.462. The lowest BCUT2D eigenvalue weighted by Gasteiger charge is -1.96. The van der Waals surface area contributed by atoms with Gasteiger partial charge in [0.2, 0.25) is 9.76 Å². The van der Waals surface area contributed by atoms with Crippen molar-refractivity contribution < 1.29 is 9.22 Å². The van der Waals surface area contributed by atoms with Gasteiger partial charge in [0, 0.05) is 6.92 Å². The Morgan fingerprint density at radius 2 is 2.38 bits per heavy atom. The molecule has 2 nitrogen and oxygen atoms in total. The van der Waals surface area contributed by atoms with Crippen LogP contribution in [0.4, 0.5) is 0 Å². The van der Waals surface area contributed by atoms with E-state index < -0.39 is 9.76 Å². The molecule has 0 N–H and O–H groups in total. The maximum Gasteiger partial charge on any atom is 0.288 e. The van der Waals surface area contributed by atoms with Gasteiger partial charge in [-0.3, -0.25) is 4.79 Å². The molecular weight excluding hydrogens is 120 g/mol. The van der Waals surface area contributed by atoms with E-state index in [1.807, 2.05) is 0 Å². The summed E-state index contributed by atoms with van der Waals surface area (Å²) in [5, 5.41) is 0. The van der Waals surface area contributed by atoms with Crippen LogP contribution in [-0.2, 0) is 9.22 Å². The molecule has 8 heavy (non-hydrogen) atoms. The van der Waals surface area contributed by atoms with Crippen molar-refractivity contribution in [2.45, 2.75) is 26.3 Å². The third-order valence-corrected chi connectivity index (χ3v) is 2.41. The average Bonchev–Trinajstić information content (AvgIpc) is 1.66. The van der Waals surface area contributed by atoms with Crippen LogP contribution in [0.5, 0.6) is 0 Å². The van der Waals surface area contributed by atoms with E-state index in [1.54, 1.807) is 0 Å². The summed E-state index contributed by atoms with van der Waals surface area (Å²) in [4.78, 5) is 10.1. The van der Waals surface area contributed by atoms with Gasteiger partial charge in [0.25, 0.3) is 5.97 Å². The van der Waals surface area contributed by atoms with Gasteiger partial charge in [0.05, 0.1) is 0 Å². The molecule has 48 valence electrons. The SMILES string of the molecule is CCC[SiH2]OC(C)=O. The number of carbonyl (C=O) groups excluding carboxylic acids is 1. The topological polar surface area (TPSA) is 26.3 Å². The van der Waals surface area contributed by atoms with Gasteiger partial charge in [-0.1, -0.05) is 13.3 Å². The summed E-state index contributed by atoms with van der Waals surface area (Å²) in [6.45, 7) is 3.55. The monoisotopic (exact) mass is 132 g/mol. The van der Waals surface area contributed by atoms with Crippen LogP contribution < -0.4 is 0 Å². The minimum Gasteiger partial charge on any atom is -0.525 e. The van der Waals surface area contributed by atoms with Crippen LogP contribution in [0.15, 0.2) is 0 Å². The van der Waals surface area contributed by atoms with Gasteiger partial charge in [-0.05, 0) is 6.04 Å². The van der Waals surface area contributed by atoms with E-state index in [4.69, 9.17) is 4.43 Å². The van der Waals surface area contributed by atoms with Crippen LogP contribution in [0.1, 0.15) is 20.3 Å². The van der Waals surface area contributed by atoms with Gasteiger partial charge >= 0.3 is 0 Å². The van der Waals surface area contributed by atoms with E-state index in [-0.39, 0.29) is 5.97 Å². The summed E-state index contributed by atoms with van der Waals surface area (Å²) in [7, 11) is -0.486. The summed E-state index contributed by atoms with van der Waals surface area (Å²) in [5.74, 6) is -0.120. The molecule has 0 heterocycles. The minimum absolute atomic E-state index is 0.120. The summed E-state index contributed by atoms with van der Waals surface area (Å²) in [6.07, 6.45) is 1.14. The van der Waals surface area contributed by atoms with E-state index in [0.29, 0.717) is 0 Å². The first-order valence-corrected chi connectivity index (χ1v) is 4.48. The first-order valence-electron chi connectivity index (χ1n) is 2.90. The maximum absolute atomic E-state index is 10.1. The molecule has 0 radical (unpaired) electrons. The van der Waals surface area contributed by atoms with Gasteiger partial charge < -0.3 is 4.43 Å². The number of hydrogen-bond acceptors (Lipinski definition) is 2. The highest BCUT2D eigenvalue weighted by Gasteiger charge is 1.89. The van der Waals surface area contributed by atoms with Crippen molar-refractivity contribution >= 4 is 15.7 Å². The van der Waals surface area contributed by atoms with Gasteiger partial charge in [0.1, 0.15) is 0 Å². The zero-order valence-electron chi connectivity index (χ0n) is 5.44. The first-order chi connectivity index (χ1) is 3.77. The van der Waals surface area contributed by atoms with E-state index in [9.17, 15) is 4.79 Å². The van der Waals surface area contributed by atoms with Crippen LogP contribution in [-0.4, -0.2) is 15.7 Å². The minimum atomic E-state index is -0.486. The number of rotatable bonds is 3. The number of carbonyl (C=O) groups is 1. The highest BCUT2D eigenvalue weighted by Crippen LogP contribution is 1.85. The Kier molecular flexibility index (Phi) is 4.65. The Balaban J connectivity index is 2.82. The van der Waals surface area contributed by atoms with Gasteiger partial charge in [0.15, 0.2) is 0 Å². The molecule has 0 amide bonds. The molecule has 0 aliphatic heterocycles. The Morgan fingerprint density at radius 3 is 2.75 bits per heavy atom. The second kappa shape index (κ2) is 4.84. The third kappa shape index (κ3) is 5.69. The lowest BCUT2D eigenvalue weighted by molar-refractivity contribution is -0.131. The molecule has 0 aromatic heterocycles. The fourth-order valence-corrected chi connectivity index (χ4v) is 1.08. The summed E-state index contributed by atoms with van der Waals surface area (Å²) < 4.78 is 4.78. The second-order valence-corrected chi connectivity index (χ2v) is 3.10. The molecule has 0 saturated carbocycles. The Bertz CT molecular complexity index is 72.8. The fourth-order valence-electron chi connectivity index (χ4n) is 0.360. The van der Waals surface area contributed by atoms with E-state index in [1.165, 1.54) is 6.92 Å². The average molecular weight is 132 g/mol. The summed E-state index contributed by atoms with van der Waals surface area (Å²) in [5.41, 5.74) is 0. The molecule has 0 bridgehead atoms. The van der Waals surface area contributed by atoms with Gasteiger partial charge in [-0.2, -0.15) is 0 Å². The highest BCUT2D eigenvalue weighted by molar-refractivity contribution is 6.30. The molecule has 0 atom stereocenters. The normalized spacial score (nSPS) is 10.2. The number of hydrogen-bond donors (Lipinski definition) is 0. The molecule has 0 aromatic carbocycles. The Labute approximate surface area is 52.2 Å². The van der Waals surface area contributed by atoms with Crippen LogP contribution in [0.25, 0.3) is 0 Å². The van der Waals surface area contributed by atoms with Crippen LogP contribution in [0.3, 0.4) is 0 Å². The van der Waals surface area contributed by atoms with Crippen molar-refractivity contribution in [2.24, 2.45) is 0 Å². The van der Waals surface area contributed by atoms with Crippen molar-refractivity contribution in [3.05, 3.63) is 0 Å². The van der Waals surface area contributed by atoms with E-state index >= 15 is 0 Å². The van der Waals surface area contributed by atoms with Gasteiger partial charge in [-0.25, -0.2) is 0 Å². The van der Waals surface area contributed by atoms with Crippen molar-refractivity contribution in [2.75, 3.05) is 0 Å². The van der Waals surface area contributed by atoms with Crippen LogP contribution in [0.2, 0.25) is 6.04 Å². The lowest BCUT2D eigenvalue weighted by atomic mass is 10.6. The van der Waals surface area contributed by atoms with E-state index in [2.05, 4.69) is 6.92 Å². The molecule has 3 heteroatoms. The maximum atomic E-state index is 10.1. The van der Waals surface area contributed by atoms with E-state index in [0.717, 1.165) is 12.5 Å². The van der Waals surface area contributed by atoms with Crippen LogP contribution in [0, 0.1) is 0 Å². The molecule has 0 fully saturated rings. The molecule has 0 unspecified atom stereocenters. The molecular formula is C5H12O2Si. The summed E-state index contributed by atoms with van der Waals surface area (Å²) in [6, 6.07) is 1.11. The first kappa shape index (κ1) is 7.69. The van der Waals surface area contributed by atoms with Crippen molar-refractivity contribution in [3.63, 3.8) is 0 Å². The zero-order valence-corrected chi connectivity index (χ0v) is 6.85. The highest BCUT2D eigenvalue weighted by atomic mass is 28.2. The van der Waals surface area contributed by atoms with Crippen molar-refractivity contribution in [3.8, 4) is 0 Å². The van der Waals surface area contributed by atoms with Crippen LogP contribution >= 0.6 is 0 Å². The van der Waals surface area contributed by atoms with Crippen molar-refractivity contribution in [1.29, 1.82) is 0 Å². The Morgan fingerprint density at radius 1 is 1.75 bits per heavy atom. The van der Waals surface area contributed by atoms with Crippen molar-refractivity contribution in [1.82, 2.24) is 0 Å². The fraction of sp³-hybridized carbons (Fsp3) is 0.800. The molecule has 0 aliphatic rings. The Hall–Kier alpha value is -0.313. The zero-order chi connectivity index (χ0) is 6.41. The molecule has 0 saturated heterocycles. The quantitative estimate of drug-likeness (QED) is 0.412. The largest absolute Gasteiger partial charge is 0.525 e. The molecule has 0 rings (SSSR count). The smallest absolute Gasteiger partial charge is 0.288 e.